The lowest BCUT2D eigenvalue weighted by atomic mass is 10.1. The van der Waals surface area contributed by atoms with Crippen LogP contribution >= 0.6 is 0 Å². The first-order chi connectivity index (χ1) is 11.5. The van der Waals surface area contributed by atoms with E-state index in [4.69, 9.17) is 0 Å². The van der Waals surface area contributed by atoms with Crippen molar-refractivity contribution >= 4 is 17.5 Å². The van der Waals surface area contributed by atoms with E-state index in [9.17, 15) is 18.4 Å². The first-order valence-electron chi connectivity index (χ1n) is 7.66. The second kappa shape index (κ2) is 8.19. The summed E-state index contributed by atoms with van der Waals surface area (Å²) in [7, 11) is 0. The van der Waals surface area contributed by atoms with Gasteiger partial charge in [0, 0.05) is 23.7 Å². The summed E-state index contributed by atoms with van der Waals surface area (Å²) < 4.78 is 26.5. The Bertz CT molecular complexity index is 748. The molecule has 0 fully saturated rings. The second-order valence-corrected chi connectivity index (χ2v) is 5.27. The van der Waals surface area contributed by atoms with Crippen LogP contribution in [0.25, 0.3) is 0 Å². The van der Waals surface area contributed by atoms with Gasteiger partial charge in [0.2, 0.25) is 0 Å². The maximum absolute atomic E-state index is 13.6. The molecular weight excluding hydrogens is 314 g/mol. The molecule has 2 aromatic rings. The molecule has 2 N–H and O–H groups in total. The molecule has 6 heteroatoms. The van der Waals surface area contributed by atoms with Gasteiger partial charge >= 0.3 is 0 Å². The summed E-state index contributed by atoms with van der Waals surface area (Å²) in [6, 6.07) is 8.99. The van der Waals surface area contributed by atoms with Gasteiger partial charge in [0.15, 0.2) is 0 Å². The van der Waals surface area contributed by atoms with E-state index in [1.54, 1.807) is 12.1 Å². The standard InChI is InChI=1S/C18H18F2N2O2/c1-2-3-9-21-17(23)12-5-4-6-13(10-12)18(24)22-16-8-7-14(19)11-15(16)20/h4-8,10-11H,2-3,9H2,1H3,(H,21,23)(H,22,24). The minimum atomic E-state index is -0.864. The molecule has 0 unspecified atom stereocenters. The van der Waals surface area contributed by atoms with Crippen LogP contribution in [0.3, 0.4) is 0 Å². The van der Waals surface area contributed by atoms with Crippen LogP contribution in [0.1, 0.15) is 40.5 Å². The normalized spacial score (nSPS) is 10.3. The number of halogens is 2. The second-order valence-electron chi connectivity index (χ2n) is 5.27. The maximum atomic E-state index is 13.6. The summed E-state index contributed by atoms with van der Waals surface area (Å²) in [6.45, 7) is 2.58. The lowest BCUT2D eigenvalue weighted by molar-refractivity contribution is 0.0953. The Kier molecular flexibility index (Phi) is 6.01. The van der Waals surface area contributed by atoms with Crippen molar-refractivity contribution in [3.63, 3.8) is 0 Å². The topological polar surface area (TPSA) is 58.2 Å². The molecule has 2 amide bonds. The zero-order chi connectivity index (χ0) is 17.5. The molecule has 0 aliphatic heterocycles. The van der Waals surface area contributed by atoms with Crippen molar-refractivity contribution in [2.45, 2.75) is 19.8 Å². The van der Waals surface area contributed by atoms with E-state index in [1.807, 2.05) is 6.92 Å². The molecule has 126 valence electrons. The van der Waals surface area contributed by atoms with Crippen LogP contribution in [0.2, 0.25) is 0 Å². The summed E-state index contributed by atoms with van der Waals surface area (Å²) in [6.07, 6.45) is 1.84. The first-order valence-corrected chi connectivity index (χ1v) is 7.66. The molecule has 2 aromatic carbocycles. The SMILES string of the molecule is CCCCNC(=O)c1cccc(C(=O)Nc2ccc(F)cc2F)c1. The van der Waals surface area contributed by atoms with Crippen molar-refractivity contribution in [3.05, 3.63) is 65.2 Å². The van der Waals surface area contributed by atoms with Gasteiger partial charge in [0.25, 0.3) is 11.8 Å². The van der Waals surface area contributed by atoms with E-state index in [0.717, 1.165) is 25.0 Å². The Labute approximate surface area is 138 Å². The van der Waals surface area contributed by atoms with Crippen molar-refractivity contribution in [2.24, 2.45) is 0 Å². The van der Waals surface area contributed by atoms with E-state index < -0.39 is 17.5 Å². The Hall–Kier alpha value is -2.76. The predicted octanol–water partition coefficient (Wildman–Crippen LogP) is 3.75. The summed E-state index contributed by atoms with van der Waals surface area (Å²) in [5, 5.41) is 5.12. The van der Waals surface area contributed by atoms with Gasteiger partial charge in [-0.2, -0.15) is 0 Å². The lowest BCUT2D eigenvalue weighted by Gasteiger charge is -2.08. The largest absolute Gasteiger partial charge is 0.352 e. The average Bonchev–Trinajstić information content (AvgIpc) is 2.57. The quantitative estimate of drug-likeness (QED) is 0.792. The van der Waals surface area contributed by atoms with Gasteiger partial charge in [-0.3, -0.25) is 9.59 Å². The Morgan fingerprint density at radius 3 is 2.38 bits per heavy atom. The Morgan fingerprint density at radius 2 is 1.71 bits per heavy atom. The fraction of sp³-hybridized carbons (Fsp3) is 0.222. The van der Waals surface area contributed by atoms with Gasteiger partial charge in [-0.05, 0) is 36.8 Å². The molecule has 0 bridgehead atoms. The third-order valence-corrected chi connectivity index (χ3v) is 3.38. The van der Waals surface area contributed by atoms with Crippen LogP contribution in [0, 0.1) is 11.6 Å². The lowest BCUT2D eigenvalue weighted by Crippen LogP contribution is -2.24. The van der Waals surface area contributed by atoms with Crippen LogP contribution in [0.5, 0.6) is 0 Å². The van der Waals surface area contributed by atoms with Crippen molar-refractivity contribution in [1.82, 2.24) is 5.32 Å². The van der Waals surface area contributed by atoms with E-state index in [-0.39, 0.29) is 17.2 Å². The van der Waals surface area contributed by atoms with Crippen LogP contribution < -0.4 is 10.6 Å². The summed E-state index contributed by atoms with van der Waals surface area (Å²) in [4.78, 5) is 24.2. The van der Waals surface area contributed by atoms with Crippen molar-refractivity contribution in [3.8, 4) is 0 Å². The molecule has 0 saturated heterocycles. The monoisotopic (exact) mass is 332 g/mol. The highest BCUT2D eigenvalue weighted by atomic mass is 19.1. The number of rotatable bonds is 6. The summed E-state index contributed by atoms with van der Waals surface area (Å²) >= 11 is 0. The van der Waals surface area contributed by atoms with Crippen LogP contribution in [-0.4, -0.2) is 18.4 Å². The number of unbranched alkanes of at least 4 members (excludes halogenated alkanes) is 1. The fourth-order valence-electron chi connectivity index (χ4n) is 2.07. The number of hydrogen-bond donors (Lipinski definition) is 2. The third-order valence-electron chi connectivity index (χ3n) is 3.38. The third kappa shape index (κ3) is 4.62. The fourth-order valence-corrected chi connectivity index (χ4v) is 2.07. The molecule has 0 aromatic heterocycles. The highest BCUT2D eigenvalue weighted by Crippen LogP contribution is 2.16. The van der Waals surface area contributed by atoms with Crippen LogP contribution in [0.15, 0.2) is 42.5 Å². The Balaban J connectivity index is 2.09. The molecule has 4 nitrogen and oxygen atoms in total. The van der Waals surface area contributed by atoms with Gasteiger partial charge in [-0.1, -0.05) is 19.4 Å². The summed E-state index contributed by atoms with van der Waals surface area (Å²) in [5.74, 6) is -2.44. The molecule has 0 aliphatic rings. The molecule has 0 heterocycles. The van der Waals surface area contributed by atoms with Crippen molar-refractivity contribution in [1.29, 1.82) is 0 Å². The van der Waals surface area contributed by atoms with Gasteiger partial charge in [0.05, 0.1) is 5.69 Å². The highest BCUT2D eigenvalue weighted by molar-refractivity contribution is 6.06. The first kappa shape index (κ1) is 17.6. The molecule has 2 rings (SSSR count). The average molecular weight is 332 g/mol. The minimum Gasteiger partial charge on any atom is -0.352 e. The highest BCUT2D eigenvalue weighted by Gasteiger charge is 2.12. The van der Waals surface area contributed by atoms with E-state index in [1.165, 1.54) is 12.1 Å². The minimum absolute atomic E-state index is 0.126. The molecule has 0 spiro atoms. The number of anilines is 1. The molecular formula is C18H18F2N2O2. The van der Waals surface area contributed by atoms with Crippen molar-refractivity contribution in [2.75, 3.05) is 11.9 Å². The molecule has 0 radical (unpaired) electrons. The van der Waals surface area contributed by atoms with Gasteiger partial charge in [-0.25, -0.2) is 8.78 Å². The number of amides is 2. The Morgan fingerprint density at radius 1 is 1.00 bits per heavy atom. The van der Waals surface area contributed by atoms with Gasteiger partial charge in [0.1, 0.15) is 11.6 Å². The number of carbonyl (C=O) groups excluding carboxylic acids is 2. The number of benzene rings is 2. The van der Waals surface area contributed by atoms with Gasteiger partial charge < -0.3 is 10.6 Å². The zero-order valence-corrected chi connectivity index (χ0v) is 13.2. The molecule has 0 aliphatic carbocycles. The molecule has 0 saturated carbocycles. The van der Waals surface area contributed by atoms with Crippen molar-refractivity contribution < 1.29 is 18.4 Å². The molecule has 0 atom stereocenters. The number of hydrogen-bond acceptors (Lipinski definition) is 2. The number of nitrogens with one attached hydrogen (secondary N) is 2. The maximum Gasteiger partial charge on any atom is 0.255 e. The predicted molar refractivity (Wildman–Crippen MR) is 88.0 cm³/mol. The van der Waals surface area contributed by atoms with Gasteiger partial charge in [-0.15, -0.1) is 0 Å². The number of carbonyl (C=O) groups is 2. The van der Waals surface area contributed by atoms with Crippen LogP contribution in [0.4, 0.5) is 14.5 Å². The van der Waals surface area contributed by atoms with E-state index in [0.29, 0.717) is 18.2 Å². The summed E-state index contributed by atoms with van der Waals surface area (Å²) in [5.41, 5.74) is 0.430. The smallest absolute Gasteiger partial charge is 0.255 e. The zero-order valence-electron chi connectivity index (χ0n) is 13.2. The molecule has 24 heavy (non-hydrogen) atoms. The van der Waals surface area contributed by atoms with E-state index in [2.05, 4.69) is 10.6 Å². The van der Waals surface area contributed by atoms with Crippen LogP contribution in [-0.2, 0) is 0 Å². The van der Waals surface area contributed by atoms with E-state index >= 15 is 0 Å².